The number of carbonyl (C=O) groups is 3. The van der Waals surface area contributed by atoms with Gasteiger partial charge in [0.15, 0.2) is 0 Å². The second-order valence-electron chi connectivity index (χ2n) is 4.77. The minimum absolute atomic E-state index is 0.108. The predicted molar refractivity (Wildman–Crippen MR) is 79.7 cm³/mol. The van der Waals surface area contributed by atoms with Gasteiger partial charge in [-0.1, -0.05) is 13.3 Å². The number of thioether (sulfide) groups is 1. The number of rotatable bonds is 9. The fraction of sp³-hybridized carbons (Fsp3) is 0.769. The number of nitrogens with one attached hydrogen (secondary N) is 2. The number of aliphatic carboxylic acids is 1. The molecule has 0 spiro atoms. The first-order valence-electron chi connectivity index (χ1n) is 6.69. The van der Waals surface area contributed by atoms with Crippen molar-refractivity contribution in [3.8, 4) is 0 Å². The van der Waals surface area contributed by atoms with E-state index in [1.807, 2.05) is 13.8 Å². The lowest BCUT2D eigenvalue weighted by atomic mass is 10.2. The van der Waals surface area contributed by atoms with Crippen molar-refractivity contribution in [2.45, 2.75) is 57.9 Å². The van der Waals surface area contributed by atoms with Crippen molar-refractivity contribution in [2.75, 3.05) is 5.75 Å². The van der Waals surface area contributed by atoms with E-state index in [0.717, 1.165) is 12.8 Å². The predicted octanol–water partition coefficient (Wildman–Crippen LogP) is 1.00. The second-order valence-corrected chi connectivity index (χ2v) is 6.14. The Morgan fingerprint density at radius 2 is 1.80 bits per heavy atom. The van der Waals surface area contributed by atoms with E-state index >= 15 is 0 Å². The molecule has 0 rings (SSSR count). The van der Waals surface area contributed by atoms with Crippen LogP contribution in [0.2, 0.25) is 0 Å². The Balaban J connectivity index is 4.23. The maximum Gasteiger partial charge on any atom is 0.327 e. The van der Waals surface area contributed by atoms with Crippen molar-refractivity contribution in [2.24, 2.45) is 0 Å². The summed E-state index contributed by atoms with van der Waals surface area (Å²) in [7, 11) is 0. The topological polar surface area (TPSA) is 95.5 Å². The van der Waals surface area contributed by atoms with Crippen molar-refractivity contribution in [3.05, 3.63) is 0 Å². The molecule has 0 saturated carbocycles. The summed E-state index contributed by atoms with van der Waals surface area (Å²) in [4.78, 5) is 33.7. The van der Waals surface area contributed by atoms with Crippen molar-refractivity contribution in [1.29, 1.82) is 0 Å². The summed E-state index contributed by atoms with van der Waals surface area (Å²) < 4.78 is 0. The van der Waals surface area contributed by atoms with E-state index < -0.39 is 17.9 Å². The Bertz CT molecular complexity index is 349. The Morgan fingerprint density at radius 1 is 1.20 bits per heavy atom. The van der Waals surface area contributed by atoms with Crippen LogP contribution in [-0.2, 0) is 14.4 Å². The van der Waals surface area contributed by atoms with E-state index in [4.69, 9.17) is 5.11 Å². The number of carboxylic acid groups (broad SMARTS) is 1. The Hall–Kier alpha value is -1.24. The molecule has 0 bridgehead atoms. The van der Waals surface area contributed by atoms with Gasteiger partial charge in [0.05, 0.1) is 5.25 Å². The van der Waals surface area contributed by atoms with Crippen LogP contribution in [0.25, 0.3) is 0 Å². The third-order valence-corrected chi connectivity index (χ3v) is 3.91. The second kappa shape index (κ2) is 9.63. The highest BCUT2D eigenvalue weighted by Gasteiger charge is 2.22. The summed E-state index contributed by atoms with van der Waals surface area (Å²) in [5.74, 6) is -1.44. The van der Waals surface area contributed by atoms with Gasteiger partial charge in [0.25, 0.3) is 0 Å². The fourth-order valence-corrected chi connectivity index (χ4v) is 2.53. The van der Waals surface area contributed by atoms with E-state index in [-0.39, 0.29) is 23.0 Å². The summed E-state index contributed by atoms with van der Waals surface area (Å²) in [5.41, 5.74) is 0. The Morgan fingerprint density at radius 3 is 2.25 bits per heavy atom. The average Bonchev–Trinajstić information content (AvgIpc) is 2.33. The van der Waals surface area contributed by atoms with Gasteiger partial charge in [-0.2, -0.15) is 0 Å². The molecular weight excluding hydrogens is 280 g/mol. The van der Waals surface area contributed by atoms with Crippen molar-refractivity contribution >= 4 is 29.5 Å². The molecule has 3 unspecified atom stereocenters. The number of hydrogen-bond acceptors (Lipinski definition) is 4. The third-order valence-electron chi connectivity index (χ3n) is 2.67. The van der Waals surface area contributed by atoms with Gasteiger partial charge in [-0.15, -0.1) is 11.8 Å². The molecular formula is C13H24N2O4S. The summed E-state index contributed by atoms with van der Waals surface area (Å²) in [6.07, 6.45) is 1.90. The molecule has 0 aliphatic heterocycles. The zero-order valence-corrected chi connectivity index (χ0v) is 13.3. The van der Waals surface area contributed by atoms with E-state index in [1.165, 1.54) is 18.7 Å². The Labute approximate surface area is 124 Å². The molecule has 2 amide bonds. The standard InChI is InChI=1S/C13H24N2O4S/c1-5-6-8(2)14-12(17)9(3)20-7-11(13(18)19)15-10(4)16/h8-9,11H,5-7H2,1-4H3,(H,14,17)(H,15,16)(H,18,19). The van der Waals surface area contributed by atoms with Gasteiger partial charge < -0.3 is 15.7 Å². The molecule has 7 heteroatoms. The highest BCUT2D eigenvalue weighted by molar-refractivity contribution is 8.00. The highest BCUT2D eigenvalue weighted by Crippen LogP contribution is 2.13. The van der Waals surface area contributed by atoms with Crippen LogP contribution in [0.1, 0.15) is 40.5 Å². The molecule has 0 fully saturated rings. The quantitative estimate of drug-likeness (QED) is 0.591. The first kappa shape index (κ1) is 18.8. The molecule has 116 valence electrons. The molecule has 0 aliphatic carbocycles. The molecule has 3 N–H and O–H groups in total. The van der Waals surface area contributed by atoms with Gasteiger partial charge in [-0.05, 0) is 20.3 Å². The third kappa shape index (κ3) is 8.04. The van der Waals surface area contributed by atoms with Crippen LogP contribution in [-0.4, -0.2) is 46.0 Å². The van der Waals surface area contributed by atoms with Crippen LogP contribution in [0.4, 0.5) is 0 Å². The van der Waals surface area contributed by atoms with Gasteiger partial charge in [0.1, 0.15) is 6.04 Å². The van der Waals surface area contributed by atoms with Crippen LogP contribution in [0.3, 0.4) is 0 Å². The maximum absolute atomic E-state index is 11.9. The van der Waals surface area contributed by atoms with Gasteiger partial charge in [-0.3, -0.25) is 9.59 Å². The number of amides is 2. The number of carbonyl (C=O) groups excluding carboxylic acids is 2. The van der Waals surface area contributed by atoms with Crippen molar-refractivity contribution in [1.82, 2.24) is 10.6 Å². The van der Waals surface area contributed by atoms with E-state index in [0.29, 0.717) is 0 Å². The van der Waals surface area contributed by atoms with Crippen molar-refractivity contribution in [3.63, 3.8) is 0 Å². The molecule has 20 heavy (non-hydrogen) atoms. The van der Waals surface area contributed by atoms with Gasteiger partial charge in [-0.25, -0.2) is 4.79 Å². The highest BCUT2D eigenvalue weighted by atomic mass is 32.2. The van der Waals surface area contributed by atoms with Gasteiger partial charge in [0.2, 0.25) is 11.8 Å². The maximum atomic E-state index is 11.9. The van der Waals surface area contributed by atoms with Crippen LogP contribution in [0.15, 0.2) is 0 Å². The van der Waals surface area contributed by atoms with Crippen LogP contribution < -0.4 is 10.6 Å². The molecule has 3 atom stereocenters. The SMILES string of the molecule is CCCC(C)NC(=O)C(C)SCC(NC(C)=O)C(=O)O. The zero-order valence-electron chi connectivity index (χ0n) is 12.4. The molecule has 0 heterocycles. The lowest BCUT2D eigenvalue weighted by Gasteiger charge is -2.18. The largest absolute Gasteiger partial charge is 0.480 e. The zero-order chi connectivity index (χ0) is 15.7. The Kier molecular flexibility index (Phi) is 9.03. The molecule has 6 nitrogen and oxygen atoms in total. The molecule has 0 aromatic heterocycles. The minimum Gasteiger partial charge on any atom is -0.480 e. The molecule has 0 aliphatic rings. The number of carboxylic acids is 1. The normalized spacial score (nSPS) is 15.0. The number of hydrogen-bond donors (Lipinski definition) is 3. The van der Waals surface area contributed by atoms with E-state index in [1.54, 1.807) is 6.92 Å². The smallest absolute Gasteiger partial charge is 0.327 e. The van der Waals surface area contributed by atoms with E-state index in [2.05, 4.69) is 10.6 Å². The lowest BCUT2D eigenvalue weighted by molar-refractivity contribution is -0.140. The summed E-state index contributed by atoms with van der Waals surface area (Å²) in [5, 5.41) is 13.8. The molecule has 0 aromatic rings. The molecule has 0 aromatic carbocycles. The monoisotopic (exact) mass is 304 g/mol. The van der Waals surface area contributed by atoms with E-state index in [9.17, 15) is 14.4 Å². The minimum atomic E-state index is -1.10. The van der Waals surface area contributed by atoms with Crippen LogP contribution >= 0.6 is 11.8 Å². The first-order valence-corrected chi connectivity index (χ1v) is 7.74. The van der Waals surface area contributed by atoms with Crippen molar-refractivity contribution < 1.29 is 19.5 Å². The van der Waals surface area contributed by atoms with Crippen LogP contribution in [0, 0.1) is 0 Å². The summed E-state index contributed by atoms with van der Waals surface area (Å²) in [6, 6.07) is -0.859. The molecule has 0 saturated heterocycles. The lowest BCUT2D eigenvalue weighted by Crippen LogP contribution is -2.43. The van der Waals surface area contributed by atoms with Crippen LogP contribution in [0.5, 0.6) is 0 Å². The average molecular weight is 304 g/mol. The van der Waals surface area contributed by atoms with Gasteiger partial charge in [0, 0.05) is 18.7 Å². The molecule has 0 radical (unpaired) electrons. The summed E-state index contributed by atoms with van der Waals surface area (Å²) >= 11 is 1.22. The first-order chi connectivity index (χ1) is 9.27. The fourth-order valence-electron chi connectivity index (χ4n) is 1.60. The van der Waals surface area contributed by atoms with Gasteiger partial charge >= 0.3 is 5.97 Å². The summed E-state index contributed by atoms with van der Waals surface area (Å²) in [6.45, 7) is 6.98.